The fraction of sp³-hybridized carbons (Fsp3) is 0.353. The Hall–Kier alpha value is -2.94. The maximum atomic E-state index is 12.9. The second-order valence-electron chi connectivity index (χ2n) is 5.71. The Kier molecular flexibility index (Phi) is 6.67. The molecule has 1 heterocycles. The van der Waals surface area contributed by atoms with E-state index < -0.39 is 12.0 Å². The van der Waals surface area contributed by atoms with Crippen LogP contribution in [0.15, 0.2) is 35.5 Å². The maximum Gasteiger partial charge on any atom is 0.337 e. The maximum absolute atomic E-state index is 12.9. The van der Waals surface area contributed by atoms with Crippen LogP contribution in [0.25, 0.3) is 0 Å². The molecule has 0 fully saturated rings. The molecule has 0 bridgehead atoms. The Balaban J connectivity index is 1.98. The van der Waals surface area contributed by atoms with E-state index in [1.165, 1.54) is 24.3 Å². The minimum Gasteiger partial charge on any atom is -0.463 e. The topological polar surface area (TPSA) is 99.8 Å². The number of benzene rings is 1. The summed E-state index contributed by atoms with van der Waals surface area (Å²) in [7, 11) is 1.67. The molecule has 0 aliphatic carbocycles. The van der Waals surface area contributed by atoms with Crippen LogP contribution in [0.5, 0.6) is 0 Å². The average Bonchev–Trinajstić information content (AvgIpc) is 2.57. The first kappa shape index (κ1) is 19.4. The van der Waals surface area contributed by atoms with Crippen LogP contribution in [-0.2, 0) is 14.3 Å². The third kappa shape index (κ3) is 5.55. The zero-order valence-corrected chi connectivity index (χ0v) is 14.6. The smallest absolute Gasteiger partial charge is 0.337 e. The highest BCUT2D eigenvalue weighted by atomic mass is 19.1. The molecule has 2 rings (SSSR count). The van der Waals surface area contributed by atoms with Crippen molar-refractivity contribution in [3.05, 3.63) is 41.4 Å². The van der Waals surface area contributed by atoms with Gasteiger partial charge < -0.3 is 20.7 Å². The number of ether oxygens (including phenoxy) is 1. The zero-order chi connectivity index (χ0) is 19.1. The van der Waals surface area contributed by atoms with Gasteiger partial charge in [0.25, 0.3) is 0 Å². The molecule has 1 aliphatic heterocycles. The number of esters is 1. The van der Waals surface area contributed by atoms with Crippen LogP contribution in [0.3, 0.4) is 0 Å². The largest absolute Gasteiger partial charge is 0.463 e. The van der Waals surface area contributed by atoms with Gasteiger partial charge in [0.2, 0.25) is 5.91 Å². The number of nitrogens with zero attached hydrogens (tertiary/aromatic N) is 1. The van der Waals surface area contributed by atoms with Gasteiger partial charge in [-0.15, -0.1) is 0 Å². The van der Waals surface area contributed by atoms with Crippen molar-refractivity contribution in [2.45, 2.75) is 6.92 Å². The van der Waals surface area contributed by atoms with E-state index >= 15 is 0 Å². The van der Waals surface area contributed by atoms with Crippen LogP contribution in [-0.4, -0.2) is 56.1 Å². The molecule has 1 aromatic rings. The summed E-state index contributed by atoms with van der Waals surface area (Å²) in [6, 6.07) is 5.00. The number of hydrogen-bond acceptors (Lipinski definition) is 5. The molecule has 8 nitrogen and oxygen atoms in total. The van der Waals surface area contributed by atoms with Gasteiger partial charge in [-0.1, -0.05) is 0 Å². The molecule has 0 radical (unpaired) electrons. The zero-order valence-electron chi connectivity index (χ0n) is 14.6. The van der Waals surface area contributed by atoms with Crippen molar-refractivity contribution in [2.24, 2.45) is 0 Å². The summed E-state index contributed by atoms with van der Waals surface area (Å²) in [6.45, 7) is 2.17. The first-order chi connectivity index (χ1) is 12.4. The molecule has 26 heavy (non-hydrogen) atoms. The number of amides is 3. The summed E-state index contributed by atoms with van der Waals surface area (Å²) < 4.78 is 17.9. The van der Waals surface area contributed by atoms with Gasteiger partial charge in [0.1, 0.15) is 5.82 Å². The second-order valence-corrected chi connectivity index (χ2v) is 5.71. The molecule has 3 amide bonds. The number of likely N-dealkylation sites (N-methyl/N-ethyl adjacent to an activating group) is 1. The van der Waals surface area contributed by atoms with Crippen LogP contribution in [0.1, 0.15) is 6.92 Å². The standard InChI is InChI=1S/C17H21FN4O4/c1-3-26-16(24)13-8-19-17(25)21-14(13)9-22(2)10-15(23)20-12-6-4-11(18)5-7-12/h4-7H,3,8-10H2,1-2H3,(H,20,23)(H2,19,21,25). The lowest BCUT2D eigenvalue weighted by atomic mass is 10.1. The van der Waals surface area contributed by atoms with Crippen LogP contribution < -0.4 is 16.0 Å². The number of nitrogens with one attached hydrogen (secondary N) is 3. The molecule has 0 aromatic heterocycles. The molecule has 1 aliphatic rings. The summed E-state index contributed by atoms with van der Waals surface area (Å²) in [5.41, 5.74) is 1.19. The van der Waals surface area contributed by atoms with Crippen LogP contribution in [0.4, 0.5) is 14.9 Å². The number of hydrogen-bond donors (Lipinski definition) is 3. The summed E-state index contributed by atoms with van der Waals surface area (Å²) in [5, 5.41) is 7.74. The van der Waals surface area contributed by atoms with Crippen molar-refractivity contribution in [1.29, 1.82) is 0 Å². The number of carbonyl (C=O) groups excluding carboxylic acids is 3. The van der Waals surface area contributed by atoms with Gasteiger partial charge in [-0.3, -0.25) is 9.69 Å². The van der Waals surface area contributed by atoms with Crippen molar-refractivity contribution in [3.63, 3.8) is 0 Å². The van der Waals surface area contributed by atoms with Crippen molar-refractivity contribution in [3.8, 4) is 0 Å². The van der Waals surface area contributed by atoms with E-state index in [0.717, 1.165) is 0 Å². The van der Waals surface area contributed by atoms with E-state index in [9.17, 15) is 18.8 Å². The van der Waals surface area contributed by atoms with E-state index in [1.807, 2.05) is 0 Å². The monoisotopic (exact) mass is 364 g/mol. The highest BCUT2D eigenvalue weighted by molar-refractivity contribution is 5.94. The Morgan fingerprint density at radius 1 is 1.31 bits per heavy atom. The van der Waals surface area contributed by atoms with Gasteiger partial charge in [0.05, 0.1) is 25.3 Å². The molecule has 0 spiro atoms. The molecule has 140 valence electrons. The minimum absolute atomic E-state index is 0.0142. The van der Waals surface area contributed by atoms with Gasteiger partial charge in [0, 0.05) is 17.9 Å². The molecule has 0 unspecified atom stereocenters. The summed E-state index contributed by atoms with van der Waals surface area (Å²) in [6.07, 6.45) is 0. The first-order valence-electron chi connectivity index (χ1n) is 8.07. The third-order valence-electron chi connectivity index (χ3n) is 3.55. The quantitative estimate of drug-likeness (QED) is 0.622. The number of halogens is 1. The van der Waals surface area contributed by atoms with E-state index in [4.69, 9.17) is 4.74 Å². The van der Waals surface area contributed by atoms with Gasteiger partial charge in [-0.25, -0.2) is 14.0 Å². The Morgan fingerprint density at radius 3 is 2.65 bits per heavy atom. The minimum atomic E-state index is -0.515. The number of rotatable bonds is 7. The summed E-state index contributed by atoms with van der Waals surface area (Å²) in [5.74, 6) is -1.21. The molecule has 0 atom stereocenters. The molecule has 9 heteroatoms. The van der Waals surface area contributed by atoms with Gasteiger partial charge >= 0.3 is 12.0 Å². The van der Waals surface area contributed by atoms with Gasteiger partial charge in [0.15, 0.2) is 0 Å². The highest BCUT2D eigenvalue weighted by Crippen LogP contribution is 2.10. The van der Waals surface area contributed by atoms with Gasteiger partial charge in [-0.2, -0.15) is 0 Å². The van der Waals surface area contributed by atoms with E-state index in [-0.39, 0.29) is 38.0 Å². The first-order valence-corrected chi connectivity index (χ1v) is 8.07. The Morgan fingerprint density at radius 2 is 2.00 bits per heavy atom. The van der Waals surface area contributed by atoms with E-state index in [0.29, 0.717) is 17.0 Å². The van der Waals surface area contributed by atoms with Crippen LogP contribution in [0.2, 0.25) is 0 Å². The van der Waals surface area contributed by atoms with E-state index in [2.05, 4.69) is 16.0 Å². The lowest BCUT2D eigenvalue weighted by molar-refractivity contribution is -0.138. The predicted octanol–water partition coefficient (Wildman–Crippen LogP) is 0.826. The number of anilines is 1. The van der Waals surface area contributed by atoms with Crippen LogP contribution >= 0.6 is 0 Å². The van der Waals surface area contributed by atoms with E-state index in [1.54, 1.807) is 18.9 Å². The predicted molar refractivity (Wildman–Crippen MR) is 92.7 cm³/mol. The lowest BCUT2D eigenvalue weighted by Gasteiger charge is -2.25. The number of urea groups is 1. The molecular formula is C17H21FN4O4. The number of carbonyl (C=O) groups is 3. The fourth-order valence-electron chi connectivity index (χ4n) is 2.39. The van der Waals surface area contributed by atoms with Crippen molar-refractivity contribution >= 4 is 23.6 Å². The van der Waals surface area contributed by atoms with Crippen molar-refractivity contribution in [1.82, 2.24) is 15.5 Å². The second kappa shape index (κ2) is 8.95. The van der Waals surface area contributed by atoms with Crippen LogP contribution in [0, 0.1) is 5.82 Å². The van der Waals surface area contributed by atoms with Gasteiger partial charge in [-0.05, 0) is 38.2 Å². The lowest BCUT2D eigenvalue weighted by Crippen LogP contribution is -2.47. The summed E-state index contributed by atoms with van der Waals surface area (Å²) in [4.78, 5) is 37.2. The van der Waals surface area contributed by atoms with Crippen molar-refractivity contribution < 1.29 is 23.5 Å². The third-order valence-corrected chi connectivity index (χ3v) is 3.55. The molecule has 3 N–H and O–H groups in total. The average molecular weight is 364 g/mol. The highest BCUT2D eigenvalue weighted by Gasteiger charge is 2.24. The molecule has 0 saturated carbocycles. The summed E-state index contributed by atoms with van der Waals surface area (Å²) >= 11 is 0. The normalized spacial score (nSPS) is 13.9. The molecule has 1 aromatic carbocycles. The molecule has 0 saturated heterocycles. The molecular weight excluding hydrogens is 343 g/mol. The SMILES string of the molecule is CCOC(=O)C1=C(CN(C)CC(=O)Nc2ccc(F)cc2)NC(=O)NC1. The fourth-order valence-corrected chi connectivity index (χ4v) is 2.39. The Labute approximate surface area is 150 Å². The van der Waals surface area contributed by atoms with Crippen molar-refractivity contribution in [2.75, 3.05) is 38.6 Å². The Bertz CT molecular complexity index is 718.